The van der Waals surface area contributed by atoms with E-state index >= 15 is 0 Å². The highest BCUT2D eigenvalue weighted by Crippen LogP contribution is 2.22. The molecule has 1 N–H and O–H groups in total. The summed E-state index contributed by atoms with van der Waals surface area (Å²) in [5.41, 5.74) is 3.19. The lowest BCUT2D eigenvalue weighted by Gasteiger charge is -2.17. The molecule has 0 aromatic heterocycles. The van der Waals surface area contributed by atoms with Gasteiger partial charge in [0.2, 0.25) is 10.0 Å². The van der Waals surface area contributed by atoms with Gasteiger partial charge < -0.3 is 4.74 Å². The third-order valence-corrected chi connectivity index (χ3v) is 5.34. The summed E-state index contributed by atoms with van der Waals surface area (Å²) in [5.74, 6) is -0.574. The summed E-state index contributed by atoms with van der Waals surface area (Å²) in [5, 5.41) is 0. The maximum atomic E-state index is 12.6. The average molecular weight is 347 g/mol. The fourth-order valence-electron chi connectivity index (χ4n) is 2.50. The SMILES string of the molecule is COC(=O)c1cccc(S(=O)(=O)N[C@H](C)c2cc(C)ccc2C)c1. The van der Waals surface area contributed by atoms with E-state index in [0.717, 1.165) is 16.7 Å². The van der Waals surface area contributed by atoms with Gasteiger partial charge in [0.1, 0.15) is 0 Å². The zero-order valence-corrected chi connectivity index (χ0v) is 15.0. The van der Waals surface area contributed by atoms with Crippen LogP contribution < -0.4 is 4.72 Å². The number of methoxy groups -OCH3 is 1. The van der Waals surface area contributed by atoms with Crippen molar-refractivity contribution in [3.05, 3.63) is 64.7 Å². The third kappa shape index (κ3) is 4.01. The number of benzene rings is 2. The molecule has 0 radical (unpaired) electrons. The Kier molecular flexibility index (Phi) is 5.41. The number of sulfonamides is 1. The maximum Gasteiger partial charge on any atom is 0.337 e. The van der Waals surface area contributed by atoms with E-state index in [1.807, 2.05) is 32.0 Å². The second-order valence-electron chi connectivity index (χ2n) is 5.72. The van der Waals surface area contributed by atoms with Crippen molar-refractivity contribution >= 4 is 16.0 Å². The van der Waals surface area contributed by atoms with Crippen molar-refractivity contribution in [3.63, 3.8) is 0 Å². The van der Waals surface area contributed by atoms with Crippen molar-refractivity contribution in [2.24, 2.45) is 0 Å². The zero-order chi connectivity index (χ0) is 17.9. The molecule has 2 aromatic rings. The first-order valence-corrected chi connectivity index (χ1v) is 9.01. The van der Waals surface area contributed by atoms with E-state index in [-0.39, 0.29) is 10.5 Å². The molecule has 0 saturated carbocycles. The first-order valence-electron chi connectivity index (χ1n) is 7.52. The Labute approximate surface area is 142 Å². The molecule has 0 spiro atoms. The Morgan fingerprint density at radius 1 is 1.12 bits per heavy atom. The Morgan fingerprint density at radius 3 is 2.50 bits per heavy atom. The van der Waals surface area contributed by atoms with Crippen LogP contribution in [0.2, 0.25) is 0 Å². The molecular formula is C18H21NO4S. The largest absolute Gasteiger partial charge is 0.465 e. The second kappa shape index (κ2) is 7.15. The van der Waals surface area contributed by atoms with Crippen LogP contribution in [0.25, 0.3) is 0 Å². The fraction of sp³-hybridized carbons (Fsp3) is 0.278. The van der Waals surface area contributed by atoms with Crippen LogP contribution in [0.1, 0.15) is 40.0 Å². The van der Waals surface area contributed by atoms with E-state index in [0.29, 0.717) is 0 Å². The first kappa shape index (κ1) is 18.2. The number of hydrogen-bond acceptors (Lipinski definition) is 4. The Morgan fingerprint density at radius 2 is 1.83 bits per heavy atom. The predicted octanol–water partition coefficient (Wildman–Crippen LogP) is 3.13. The smallest absolute Gasteiger partial charge is 0.337 e. The van der Waals surface area contributed by atoms with Crippen molar-refractivity contribution < 1.29 is 17.9 Å². The zero-order valence-electron chi connectivity index (χ0n) is 14.2. The monoisotopic (exact) mass is 347 g/mol. The van der Waals surface area contributed by atoms with Crippen LogP contribution in [-0.2, 0) is 14.8 Å². The van der Waals surface area contributed by atoms with Crippen LogP contribution in [0.4, 0.5) is 0 Å². The molecule has 0 amide bonds. The summed E-state index contributed by atoms with van der Waals surface area (Å²) >= 11 is 0. The molecule has 0 unspecified atom stereocenters. The molecule has 0 bridgehead atoms. The minimum absolute atomic E-state index is 0.0301. The number of rotatable bonds is 5. The van der Waals surface area contributed by atoms with Crippen molar-refractivity contribution in [1.29, 1.82) is 0 Å². The topological polar surface area (TPSA) is 72.5 Å². The average Bonchev–Trinajstić information content (AvgIpc) is 2.56. The Bertz CT molecular complexity index is 859. The summed E-state index contributed by atoms with van der Waals surface area (Å²) in [6.45, 7) is 5.70. The van der Waals surface area contributed by atoms with E-state index in [4.69, 9.17) is 0 Å². The summed E-state index contributed by atoms with van der Waals surface area (Å²) in [6, 6.07) is 11.3. The Balaban J connectivity index is 2.31. The number of ether oxygens (including phenoxy) is 1. The molecule has 24 heavy (non-hydrogen) atoms. The molecule has 0 saturated heterocycles. The molecule has 2 aromatic carbocycles. The molecule has 1 atom stereocenters. The second-order valence-corrected chi connectivity index (χ2v) is 7.44. The standard InChI is InChI=1S/C18H21NO4S/c1-12-8-9-13(2)17(10-12)14(3)19-24(21,22)16-7-5-6-15(11-16)18(20)23-4/h5-11,14,19H,1-4H3/t14-/m1/s1. The van der Waals surface area contributed by atoms with Crippen LogP contribution in [0.5, 0.6) is 0 Å². The van der Waals surface area contributed by atoms with E-state index in [2.05, 4.69) is 9.46 Å². The van der Waals surface area contributed by atoms with Crippen molar-refractivity contribution in [2.45, 2.75) is 31.7 Å². The van der Waals surface area contributed by atoms with Crippen LogP contribution in [0.3, 0.4) is 0 Å². The molecule has 2 rings (SSSR count). The molecule has 0 aliphatic heterocycles. The number of hydrogen-bond donors (Lipinski definition) is 1. The van der Waals surface area contributed by atoms with Gasteiger partial charge in [-0.15, -0.1) is 0 Å². The molecule has 128 valence electrons. The van der Waals surface area contributed by atoms with Gasteiger partial charge in [-0.05, 0) is 50.1 Å². The number of nitrogens with one attached hydrogen (secondary N) is 1. The quantitative estimate of drug-likeness (QED) is 0.844. The van der Waals surface area contributed by atoms with Gasteiger partial charge in [-0.2, -0.15) is 0 Å². The highest BCUT2D eigenvalue weighted by Gasteiger charge is 2.20. The summed E-state index contributed by atoms with van der Waals surface area (Å²) in [6.07, 6.45) is 0. The normalized spacial score (nSPS) is 12.7. The predicted molar refractivity (Wildman–Crippen MR) is 92.4 cm³/mol. The fourth-order valence-corrected chi connectivity index (χ4v) is 3.77. The van der Waals surface area contributed by atoms with E-state index in [1.165, 1.54) is 31.4 Å². The van der Waals surface area contributed by atoms with Crippen LogP contribution in [0.15, 0.2) is 47.4 Å². The van der Waals surface area contributed by atoms with Crippen molar-refractivity contribution in [2.75, 3.05) is 7.11 Å². The minimum atomic E-state index is -3.76. The minimum Gasteiger partial charge on any atom is -0.465 e. The van der Waals surface area contributed by atoms with Gasteiger partial charge >= 0.3 is 5.97 Å². The maximum absolute atomic E-state index is 12.6. The van der Waals surface area contributed by atoms with Crippen LogP contribution in [0, 0.1) is 13.8 Å². The molecule has 0 aliphatic rings. The van der Waals surface area contributed by atoms with Crippen molar-refractivity contribution in [3.8, 4) is 0 Å². The van der Waals surface area contributed by atoms with Gasteiger partial charge in [0.15, 0.2) is 0 Å². The first-order chi connectivity index (χ1) is 11.2. The summed E-state index contributed by atoms with van der Waals surface area (Å²) in [4.78, 5) is 11.6. The summed E-state index contributed by atoms with van der Waals surface area (Å²) < 4.78 is 32.5. The van der Waals surface area contributed by atoms with Crippen molar-refractivity contribution in [1.82, 2.24) is 4.72 Å². The van der Waals surface area contributed by atoms with E-state index in [9.17, 15) is 13.2 Å². The van der Waals surface area contributed by atoms with Gasteiger partial charge in [-0.25, -0.2) is 17.9 Å². The Hall–Kier alpha value is -2.18. The van der Waals surface area contributed by atoms with Gasteiger partial charge in [0, 0.05) is 6.04 Å². The van der Waals surface area contributed by atoms with Gasteiger partial charge in [0.25, 0.3) is 0 Å². The highest BCUT2D eigenvalue weighted by atomic mass is 32.2. The lowest BCUT2D eigenvalue weighted by atomic mass is 10.0. The van der Waals surface area contributed by atoms with Gasteiger partial charge in [0.05, 0.1) is 17.6 Å². The third-order valence-electron chi connectivity index (χ3n) is 3.80. The molecular weight excluding hydrogens is 326 g/mol. The number of esters is 1. The summed E-state index contributed by atoms with van der Waals surface area (Å²) in [7, 11) is -2.50. The number of carbonyl (C=O) groups is 1. The molecule has 0 heterocycles. The molecule has 5 nitrogen and oxygen atoms in total. The molecule has 6 heteroatoms. The van der Waals surface area contributed by atoms with E-state index in [1.54, 1.807) is 6.92 Å². The lowest BCUT2D eigenvalue weighted by molar-refractivity contribution is 0.0600. The number of aryl methyl sites for hydroxylation is 2. The lowest BCUT2D eigenvalue weighted by Crippen LogP contribution is -2.27. The number of carbonyl (C=O) groups excluding carboxylic acids is 1. The van der Waals surface area contributed by atoms with Crippen LogP contribution in [-0.4, -0.2) is 21.5 Å². The van der Waals surface area contributed by atoms with Crippen LogP contribution >= 0.6 is 0 Å². The molecule has 0 fully saturated rings. The highest BCUT2D eigenvalue weighted by molar-refractivity contribution is 7.89. The van der Waals surface area contributed by atoms with Gasteiger partial charge in [-0.3, -0.25) is 0 Å². The molecule has 0 aliphatic carbocycles. The van der Waals surface area contributed by atoms with E-state index < -0.39 is 22.0 Å². The van der Waals surface area contributed by atoms with Gasteiger partial charge in [-0.1, -0.05) is 29.8 Å².